The minimum Gasteiger partial charge on any atom is -0.490 e. The van der Waals surface area contributed by atoms with E-state index in [4.69, 9.17) is 14.2 Å². The average molecular weight is 735 g/mol. The van der Waals surface area contributed by atoms with Gasteiger partial charge in [-0.15, -0.1) is 0 Å². The average Bonchev–Trinajstić information content (AvgIpc) is 3.40. The standard InChI is InChI=1S/C40H39FN6O7/c1-40(2,24-5-10-28(11-6-24)54-39-42-22-32(41)35(45-39)46-15-17-52-18-16-46)23-3-8-27(9-4-23)53-29-19-26(20-29)43-25-7-12-30-31(21-25)38(51)47(37(30)50)33-13-14-34(48)44-36(33)49/h3-12,21-22,26,29,33,43H,13-20H2,1-2H3,(H,44,48,49). The fourth-order valence-corrected chi connectivity index (χ4v) is 7.32. The van der Waals surface area contributed by atoms with Gasteiger partial charge in [0, 0.05) is 49.5 Å². The molecule has 14 heteroatoms. The first-order valence-corrected chi connectivity index (χ1v) is 18.1. The third kappa shape index (κ3) is 6.84. The van der Waals surface area contributed by atoms with Crippen molar-refractivity contribution in [2.45, 2.75) is 63.1 Å². The van der Waals surface area contributed by atoms with E-state index in [1.165, 1.54) is 0 Å². The van der Waals surface area contributed by atoms with Gasteiger partial charge in [0.1, 0.15) is 23.6 Å². The van der Waals surface area contributed by atoms with E-state index in [2.05, 4.69) is 46.6 Å². The number of carbonyl (C=O) groups excluding carboxylic acids is 4. The van der Waals surface area contributed by atoms with E-state index in [-0.39, 0.29) is 53.4 Å². The molecule has 4 heterocycles. The van der Waals surface area contributed by atoms with Crippen LogP contribution >= 0.6 is 0 Å². The second-order valence-electron chi connectivity index (χ2n) is 14.5. The smallest absolute Gasteiger partial charge is 0.324 e. The number of amides is 4. The molecule has 0 spiro atoms. The number of aromatic nitrogens is 2. The van der Waals surface area contributed by atoms with Gasteiger partial charge in [0.05, 0.1) is 30.5 Å². The van der Waals surface area contributed by atoms with Crippen molar-refractivity contribution in [2.75, 3.05) is 36.5 Å². The van der Waals surface area contributed by atoms with Gasteiger partial charge >= 0.3 is 6.01 Å². The lowest BCUT2D eigenvalue weighted by Gasteiger charge is -2.36. The van der Waals surface area contributed by atoms with Crippen molar-refractivity contribution in [1.82, 2.24) is 20.2 Å². The Hall–Kier alpha value is -5.89. The van der Waals surface area contributed by atoms with Gasteiger partial charge in [-0.3, -0.25) is 29.4 Å². The number of anilines is 2. The maximum absolute atomic E-state index is 14.4. The molecule has 3 fully saturated rings. The van der Waals surface area contributed by atoms with E-state index < -0.39 is 35.5 Å². The third-order valence-electron chi connectivity index (χ3n) is 10.6. The summed E-state index contributed by atoms with van der Waals surface area (Å²) in [5.74, 6) is -1.07. The van der Waals surface area contributed by atoms with Crippen molar-refractivity contribution in [3.05, 3.63) is 101 Å². The zero-order valence-corrected chi connectivity index (χ0v) is 29.8. The normalized spacial score (nSPS) is 21.4. The van der Waals surface area contributed by atoms with Crippen molar-refractivity contribution in [2.24, 2.45) is 0 Å². The summed E-state index contributed by atoms with van der Waals surface area (Å²) in [6, 6.07) is 20.0. The van der Waals surface area contributed by atoms with Crippen LogP contribution in [0.5, 0.6) is 17.5 Å². The predicted molar refractivity (Wildman–Crippen MR) is 194 cm³/mol. The molecule has 2 saturated heterocycles. The van der Waals surface area contributed by atoms with E-state index in [9.17, 15) is 23.6 Å². The highest BCUT2D eigenvalue weighted by Crippen LogP contribution is 2.36. The Bertz CT molecular complexity index is 2110. The summed E-state index contributed by atoms with van der Waals surface area (Å²) in [7, 11) is 0. The van der Waals surface area contributed by atoms with Gasteiger partial charge in [-0.1, -0.05) is 38.1 Å². The number of hydrogen-bond donors (Lipinski definition) is 2. The fraction of sp³-hybridized carbons (Fsp3) is 0.350. The maximum atomic E-state index is 14.4. The molecule has 3 aromatic carbocycles. The molecule has 0 radical (unpaired) electrons. The van der Waals surface area contributed by atoms with Gasteiger partial charge in [0.25, 0.3) is 11.8 Å². The van der Waals surface area contributed by atoms with Crippen molar-refractivity contribution < 1.29 is 37.8 Å². The van der Waals surface area contributed by atoms with Crippen LogP contribution in [0.3, 0.4) is 0 Å². The Balaban J connectivity index is 0.836. The van der Waals surface area contributed by atoms with Crippen molar-refractivity contribution >= 4 is 35.1 Å². The van der Waals surface area contributed by atoms with Crippen LogP contribution in [0.1, 0.15) is 71.4 Å². The molecule has 1 aromatic heterocycles. The topological polar surface area (TPSA) is 152 Å². The number of rotatable bonds is 10. The number of carbonyl (C=O) groups is 4. The Labute approximate surface area is 310 Å². The molecule has 4 aliphatic rings. The van der Waals surface area contributed by atoms with Crippen LogP contribution in [0.25, 0.3) is 0 Å². The first-order valence-electron chi connectivity index (χ1n) is 18.1. The predicted octanol–water partition coefficient (Wildman–Crippen LogP) is 4.99. The lowest BCUT2D eigenvalue weighted by molar-refractivity contribution is -0.136. The molecule has 1 saturated carbocycles. The quantitative estimate of drug-likeness (QED) is 0.212. The Morgan fingerprint density at radius 3 is 2.24 bits per heavy atom. The minimum absolute atomic E-state index is 0.0181. The Morgan fingerprint density at radius 2 is 1.56 bits per heavy atom. The molecule has 1 aliphatic carbocycles. The van der Waals surface area contributed by atoms with E-state index in [0.717, 1.165) is 40.8 Å². The molecule has 4 amide bonds. The van der Waals surface area contributed by atoms with Crippen LogP contribution in [-0.2, 0) is 19.7 Å². The number of halogens is 1. The Kier molecular flexibility index (Phi) is 9.22. The number of hydrogen-bond acceptors (Lipinski definition) is 11. The highest BCUT2D eigenvalue weighted by molar-refractivity contribution is 6.23. The van der Waals surface area contributed by atoms with Crippen molar-refractivity contribution in [3.8, 4) is 17.5 Å². The molecule has 4 aromatic rings. The van der Waals surface area contributed by atoms with Gasteiger partial charge < -0.3 is 24.4 Å². The number of piperidine rings is 1. The second-order valence-corrected chi connectivity index (χ2v) is 14.5. The summed E-state index contributed by atoms with van der Waals surface area (Å²) in [4.78, 5) is 61.2. The zero-order chi connectivity index (χ0) is 37.6. The van der Waals surface area contributed by atoms with Crippen molar-refractivity contribution in [3.63, 3.8) is 0 Å². The summed E-state index contributed by atoms with van der Waals surface area (Å²) >= 11 is 0. The summed E-state index contributed by atoms with van der Waals surface area (Å²) in [5.41, 5.74) is 3.06. The Morgan fingerprint density at radius 1 is 0.889 bits per heavy atom. The number of imide groups is 2. The molecule has 2 N–H and O–H groups in total. The van der Waals surface area contributed by atoms with E-state index in [1.807, 2.05) is 41.3 Å². The second kappa shape index (κ2) is 14.2. The highest BCUT2D eigenvalue weighted by atomic mass is 19.1. The lowest BCUT2D eigenvalue weighted by Crippen LogP contribution is -2.54. The molecule has 278 valence electrons. The van der Waals surface area contributed by atoms with Crippen LogP contribution in [0.2, 0.25) is 0 Å². The first kappa shape index (κ1) is 35.2. The summed E-state index contributed by atoms with van der Waals surface area (Å²) in [5, 5.41) is 5.64. The molecule has 13 nitrogen and oxygen atoms in total. The lowest BCUT2D eigenvalue weighted by atomic mass is 9.78. The number of ether oxygens (including phenoxy) is 3. The van der Waals surface area contributed by atoms with Crippen LogP contribution in [0, 0.1) is 5.82 Å². The minimum atomic E-state index is -0.996. The number of fused-ring (bicyclic) bond motifs is 1. The van der Waals surface area contributed by atoms with E-state index in [0.29, 0.717) is 37.7 Å². The fourth-order valence-electron chi connectivity index (χ4n) is 7.32. The number of morpholine rings is 1. The molecular formula is C40H39FN6O7. The SMILES string of the molecule is CC(C)(c1ccc(Oc2ncc(F)c(N3CCOCC3)n2)cc1)c1ccc(OC2CC(Nc3ccc4c(c3)C(=O)N(C3CCC(=O)NC3=O)C4=O)C2)cc1. The molecule has 8 rings (SSSR count). The van der Waals surface area contributed by atoms with Gasteiger partial charge in [-0.2, -0.15) is 4.98 Å². The highest BCUT2D eigenvalue weighted by Gasteiger charge is 2.45. The van der Waals surface area contributed by atoms with Crippen LogP contribution in [0.4, 0.5) is 15.9 Å². The van der Waals surface area contributed by atoms with Crippen molar-refractivity contribution in [1.29, 1.82) is 0 Å². The molecule has 54 heavy (non-hydrogen) atoms. The summed E-state index contributed by atoms with van der Waals surface area (Å²) in [6.07, 6.45) is 2.85. The van der Waals surface area contributed by atoms with Gasteiger partial charge in [-0.05, 0) is 60.0 Å². The van der Waals surface area contributed by atoms with E-state index in [1.54, 1.807) is 18.2 Å². The van der Waals surface area contributed by atoms with Crippen LogP contribution in [0.15, 0.2) is 72.9 Å². The largest absolute Gasteiger partial charge is 0.490 e. The van der Waals surface area contributed by atoms with Gasteiger partial charge in [0.2, 0.25) is 11.8 Å². The zero-order valence-electron chi connectivity index (χ0n) is 29.8. The van der Waals surface area contributed by atoms with Gasteiger partial charge in [0.15, 0.2) is 11.6 Å². The molecule has 0 bridgehead atoms. The first-order chi connectivity index (χ1) is 26.0. The monoisotopic (exact) mass is 734 g/mol. The maximum Gasteiger partial charge on any atom is 0.324 e. The third-order valence-corrected chi connectivity index (χ3v) is 10.6. The molecular weight excluding hydrogens is 695 g/mol. The molecule has 1 unspecified atom stereocenters. The van der Waals surface area contributed by atoms with Crippen LogP contribution < -0.4 is 25.0 Å². The molecule has 3 aliphatic heterocycles. The number of benzene rings is 3. The molecule has 1 atom stereocenters. The summed E-state index contributed by atoms with van der Waals surface area (Å²) < 4.78 is 32.0. The summed E-state index contributed by atoms with van der Waals surface area (Å²) in [6.45, 7) is 6.42. The van der Waals surface area contributed by atoms with E-state index >= 15 is 0 Å². The van der Waals surface area contributed by atoms with Gasteiger partial charge in [-0.25, -0.2) is 9.37 Å². The number of nitrogens with zero attached hydrogens (tertiary/aromatic N) is 4. The number of nitrogens with one attached hydrogen (secondary N) is 2. The van der Waals surface area contributed by atoms with Crippen LogP contribution in [-0.4, -0.2) is 83.0 Å².